The molecule has 1 fully saturated rings. The van der Waals surface area contributed by atoms with E-state index >= 15 is 0 Å². The fourth-order valence-corrected chi connectivity index (χ4v) is 2.99. The molecule has 24 heavy (non-hydrogen) atoms. The highest BCUT2D eigenvalue weighted by Crippen LogP contribution is 2.19. The maximum absolute atomic E-state index is 13.2. The smallest absolute Gasteiger partial charge is 0.340 e. The van der Waals surface area contributed by atoms with Gasteiger partial charge >= 0.3 is 5.97 Å². The monoisotopic (exact) mass is 330 g/mol. The van der Waals surface area contributed by atoms with E-state index in [0.29, 0.717) is 16.6 Å². The van der Waals surface area contributed by atoms with Gasteiger partial charge in [-0.15, -0.1) is 0 Å². The number of carbonyl (C=O) groups is 2. The fourth-order valence-electron chi connectivity index (χ4n) is 2.99. The van der Waals surface area contributed by atoms with Crippen molar-refractivity contribution in [3.63, 3.8) is 0 Å². The van der Waals surface area contributed by atoms with Crippen LogP contribution in [0.1, 0.15) is 41.7 Å². The van der Waals surface area contributed by atoms with Crippen LogP contribution in [0.25, 0.3) is 10.9 Å². The van der Waals surface area contributed by atoms with Crippen molar-refractivity contribution in [1.82, 2.24) is 10.3 Å². The third-order valence-corrected chi connectivity index (χ3v) is 4.24. The van der Waals surface area contributed by atoms with E-state index in [4.69, 9.17) is 4.74 Å². The Morgan fingerprint density at radius 3 is 2.79 bits per heavy atom. The number of aromatic nitrogens is 1. The summed E-state index contributed by atoms with van der Waals surface area (Å²) in [5.74, 6) is -1.27. The van der Waals surface area contributed by atoms with Gasteiger partial charge in [-0.25, -0.2) is 9.18 Å². The van der Waals surface area contributed by atoms with Crippen molar-refractivity contribution < 1.29 is 18.7 Å². The molecule has 1 aromatic heterocycles. The zero-order valence-corrected chi connectivity index (χ0v) is 13.5. The SMILES string of the molecule is Cc1nc2cc(F)ccc2cc1C(=O)OCC(=O)NC1CCCC1. The molecule has 5 nitrogen and oxygen atoms in total. The first-order valence-corrected chi connectivity index (χ1v) is 8.06. The number of rotatable bonds is 4. The summed E-state index contributed by atoms with van der Waals surface area (Å²) in [4.78, 5) is 28.3. The summed E-state index contributed by atoms with van der Waals surface area (Å²) in [5.41, 5.74) is 1.19. The van der Waals surface area contributed by atoms with Crippen LogP contribution in [0.5, 0.6) is 0 Å². The Morgan fingerprint density at radius 2 is 2.04 bits per heavy atom. The highest BCUT2D eigenvalue weighted by atomic mass is 19.1. The Hall–Kier alpha value is -2.50. The van der Waals surface area contributed by atoms with Crippen LogP contribution in [0, 0.1) is 12.7 Å². The molecule has 1 N–H and O–H groups in total. The van der Waals surface area contributed by atoms with Crippen LogP contribution in [0.4, 0.5) is 4.39 Å². The molecule has 0 aliphatic heterocycles. The van der Waals surface area contributed by atoms with E-state index in [1.54, 1.807) is 19.1 Å². The van der Waals surface area contributed by atoms with Crippen LogP contribution in [0.15, 0.2) is 24.3 Å². The van der Waals surface area contributed by atoms with Gasteiger partial charge in [0.2, 0.25) is 0 Å². The van der Waals surface area contributed by atoms with Gasteiger partial charge in [-0.2, -0.15) is 0 Å². The van der Waals surface area contributed by atoms with Gasteiger partial charge in [-0.1, -0.05) is 12.8 Å². The van der Waals surface area contributed by atoms with Gasteiger partial charge < -0.3 is 10.1 Å². The normalized spacial score (nSPS) is 14.8. The predicted molar refractivity (Wildman–Crippen MR) is 87.1 cm³/mol. The lowest BCUT2D eigenvalue weighted by Gasteiger charge is -2.12. The highest BCUT2D eigenvalue weighted by molar-refractivity contribution is 5.96. The van der Waals surface area contributed by atoms with Gasteiger partial charge in [0.25, 0.3) is 5.91 Å². The Kier molecular flexibility index (Phi) is 4.74. The maximum atomic E-state index is 13.2. The molecule has 1 aliphatic rings. The second-order valence-electron chi connectivity index (χ2n) is 6.08. The molecule has 6 heteroatoms. The standard InChI is InChI=1S/C18H19FN2O3/c1-11-15(8-12-6-7-13(19)9-16(12)20-11)18(23)24-10-17(22)21-14-4-2-3-5-14/h6-9,14H,2-5,10H2,1H3,(H,21,22). The molecular formula is C18H19FN2O3. The Balaban J connectivity index is 1.66. The Morgan fingerprint density at radius 1 is 1.29 bits per heavy atom. The summed E-state index contributed by atoms with van der Waals surface area (Å²) < 4.78 is 18.3. The van der Waals surface area contributed by atoms with Gasteiger partial charge in [0.15, 0.2) is 6.61 Å². The van der Waals surface area contributed by atoms with Crippen LogP contribution >= 0.6 is 0 Å². The first-order valence-electron chi connectivity index (χ1n) is 8.06. The average Bonchev–Trinajstić information content (AvgIpc) is 3.04. The van der Waals surface area contributed by atoms with Crippen LogP contribution in [0.2, 0.25) is 0 Å². The minimum Gasteiger partial charge on any atom is -0.452 e. The number of esters is 1. The molecule has 0 saturated heterocycles. The molecular weight excluding hydrogens is 311 g/mol. The van der Waals surface area contributed by atoms with Crippen LogP contribution in [0.3, 0.4) is 0 Å². The van der Waals surface area contributed by atoms with Crippen molar-refractivity contribution in [2.24, 2.45) is 0 Å². The summed E-state index contributed by atoms with van der Waals surface area (Å²) >= 11 is 0. The Labute approximate surface area is 139 Å². The van der Waals surface area contributed by atoms with Gasteiger partial charge in [-0.3, -0.25) is 9.78 Å². The topological polar surface area (TPSA) is 68.3 Å². The second kappa shape index (κ2) is 6.95. The van der Waals surface area contributed by atoms with Gasteiger partial charge in [0.1, 0.15) is 5.82 Å². The van der Waals surface area contributed by atoms with Crippen molar-refractivity contribution in [1.29, 1.82) is 0 Å². The second-order valence-corrected chi connectivity index (χ2v) is 6.08. The lowest BCUT2D eigenvalue weighted by Crippen LogP contribution is -2.36. The molecule has 0 unspecified atom stereocenters. The summed E-state index contributed by atoms with van der Waals surface area (Å²) in [7, 11) is 0. The van der Waals surface area contributed by atoms with E-state index in [1.165, 1.54) is 12.1 Å². The molecule has 0 bridgehead atoms. The highest BCUT2D eigenvalue weighted by Gasteiger charge is 2.19. The molecule has 1 saturated carbocycles. The van der Waals surface area contributed by atoms with E-state index in [1.807, 2.05) is 0 Å². The quantitative estimate of drug-likeness (QED) is 0.875. The first kappa shape index (κ1) is 16.4. The third-order valence-electron chi connectivity index (χ3n) is 4.24. The number of benzene rings is 1. The van der Waals surface area contributed by atoms with Crippen molar-refractivity contribution in [2.75, 3.05) is 6.61 Å². The van der Waals surface area contributed by atoms with Crippen LogP contribution in [-0.4, -0.2) is 29.5 Å². The zero-order valence-electron chi connectivity index (χ0n) is 13.5. The zero-order chi connectivity index (χ0) is 17.1. The van der Waals surface area contributed by atoms with Crippen LogP contribution in [-0.2, 0) is 9.53 Å². The number of carbonyl (C=O) groups excluding carboxylic acids is 2. The largest absolute Gasteiger partial charge is 0.452 e. The number of fused-ring (bicyclic) bond motifs is 1. The van der Waals surface area contributed by atoms with Crippen LogP contribution < -0.4 is 5.32 Å². The summed E-state index contributed by atoms with van der Waals surface area (Å²) in [5, 5.41) is 3.51. The molecule has 0 radical (unpaired) electrons. The molecule has 1 aromatic carbocycles. The summed E-state index contributed by atoms with van der Waals surface area (Å²) in [6, 6.07) is 5.97. The van der Waals surface area contributed by atoms with Crippen molar-refractivity contribution in [3.05, 3.63) is 41.3 Å². The number of hydrogen-bond donors (Lipinski definition) is 1. The Bertz CT molecular complexity index is 785. The average molecular weight is 330 g/mol. The molecule has 1 heterocycles. The van der Waals surface area contributed by atoms with E-state index < -0.39 is 5.97 Å². The van der Waals surface area contributed by atoms with Crippen molar-refractivity contribution >= 4 is 22.8 Å². The van der Waals surface area contributed by atoms with Crippen molar-refractivity contribution in [3.8, 4) is 0 Å². The first-order chi connectivity index (χ1) is 11.5. The van der Waals surface area contributed by atoms with Gasteiger partial charge in [-0.05, 0) is 38.0 Å². The fraction of sp³-hybridized carbons (Fsp3) is 0.389. The molecule has 3 rings (SSSR count). The third kappa shape index (κ3) is 3.69. The van der Waals surface area contributed by atoms with E-state index in [0.717, 1.165) is 25.7 Å². The van der Waals surface area contributed by atoms with Gasteiger partial charge in [0.05, 0.1) is 16.8 Å². The summed E-state index contributed by atoms with van der Waals surface area (Å²) in [6.45, 7) is 1.34. The molecule has 0 atom stereocenters. The summed E-state index contributed by atoms with van der Waals surface area (Å²) in [6.07, 6.45) is 4.19. The number of nitrogens with one attached hydrogen (secondary N) is 1. The van der Waals surface area contributed by atoms with E-state index in [2.05, 4.69) is 10.3 Å². The number of hydrogen-bond acceptors (Lipinski definition) is 4. The molecule has 1 aliphatic carbocycles. The number of nitrogens with zero attached hydrogens (tertiary/aromatic N) is 1. The van der Waals surface area contributed by atoms with E-state index in [-0.39, 0.29) is 29.9 Å². The number of aryl methyl sites for hydroxylation is 1. The number of pyridine rings is 1. The molecule has 1 amide bonds. The minimum atomic E-state index is -0.604. The molecule has 0 spiro atoms. The minimum absolute atomic E-state index is 0.190. The van der Waals surface area contributed by atoms with Crippen molar-refractivity contribution in [2.45, 2.75) is 38.6 Å². The predicted octanol–water partition coefficient (Wildman–Crippen LogP) is 2.90. The lowest BCUT2D eigenvalue weighted by molar-refractivity contribution is -0.124. The number of ether oxygens (including phenoxy) is 1. The lowest BCUT2D eigenvalue weighted by atomic mass is 10.1. The number of amides is 1. The molecule has 2 aromatic rings. The maximum Gasteiger partial charge on any atom is 0.340 e. The van der Waals surface area contributed by atoms with Gasteiger partial charge in [0, 0.05) is 17.5 Å². The number of halogens is 1. The molecule has 126 valence electrons. The van der Waals surface area contributed by atoms with E-state index in [9.17, 15) is 14.0 Å².